The van der Waals surface area contributed by atoms with Crippen LogP contribution in [0.1, 0.15) is 34.7 Å². The number of rotatable bonds is 3. The smallest absolute Gasteiger partial charge is 0.271 e. The van der Waals surface area contributed by atoms with Gasteiger partial charge in [0.25, 0.3) is 5.56 Å². The van der Waals surface area contributed by atoms with E-state index < -0.39 is 0 Å². The number of thiazole rings is 1. The first-order chi connectivity index (χ1) is 16.6. The molecule has 0 saturated carbocycles. The Morgan fingerprint density at radius 3 is 2.62 bits per heavy atom. The van der Waals surface area contributed by atoms with Gasteiger partial charge in [-0.2, -0.15) is 0 Å². The standard InChI is InChI=1S/C28H21IN2O2S/c1-33-23-9-5-4-8-21(23)26-22-15-12-18-6-2-3-7-20(18)25(22)30-28-31(26)27(32)24(34-28)16-17-10-13-19(29)14-11-17/h2-11,13-14,16,26H,12,15H2,1H3/b24-16-/t26-/m0/s1. The second kappa shape index (κ2) is 8.67. The van der Waals surface area contributed by atoms with Gasteiger partial charge in [-0.25, -0.2) is 4.99 Å². The lowest BCUT2D eigenvalue weighted by atomic mass is 9.83. The van der Waals surface area contributed by atoms with E-state index in [0.29, 0.717) is 4.53 Å². The van der Waals surface area contributed by atoms with Gasteiger partial charge in [-0.05, 0) is 76.4 Å². The van der Waals surface area contributed by atoms with Crippen molar-refractivity contribution in [3.8, 4) is 5.75 Å². The van der Waals surface area contributed by atoms with Crippen LogP contribution in [0.5, 0.6) is 5.75 Å². The first-order valence-electron chi connectivity index (χ1n) is 11.2. The Labute approximate surface area is 214 Å². The van der Waals surface area contributed by atoms with Gasteiger partial charge in [-0.1, -0.05) is 65.9 Å². The summed E-state index contributed by atoms with van der Waals surface area (Å²) in [4.78, 5) is 19.6. The Morgan fingerprint density at radius 1 is 1.03 bits per heavy atom. The fourth-order valence-electron chi connectivity index (χ4n) is 4.90. The molecule has 34 heavy (non-hydrogen) atoms. The number of methoxy groups -OCH3 is 1. The molecule has 2 heterocycles. The molecule has 0 unspecified atom stereocenters. The average Bonchev–Trinajstić information content (AvgIpc) is 3.18. The van der Waals surface area contributed by atoms with Gasteiger partial charge in [0.1, 0.15) is 5.75 Å². The molecule has 1 aliphatic heterocycles. The summed E-state index contributed by atoms with van der Waals surface area (Å²) < 4.78 is 9.46. The van der Waals surface area contributed by atoms with Gasteiger partial charge in [0.2, 0.25) is 0 Å². The Bertz CT molecular complexity index is 1630. The number of fused-ring (bicyclic) bond motifs is 3. The summed E-state index contributed by atoms with van der Waals surface area (Å²) in [6, 6.07) is 24.4. The molecule has 2 aliphatic rings. The van der Waals surface area contributed by atoms with Crippen LogP contribution in [0.15, 0.2) is 88.2 Å². The van der Waals surface area contributed by atoms with E-state index in [-0.39, 0.29) is 11.6 Å². The van der Waals surface area contributed by atoms with Crippen molar-refractivity contribution in [2.75, 3.05) is 7.11 Å². The van der Waals surface area contributed by atoms with E-state index in [0.717, 1.165) is 40.2 Å². The topological polar surface area (TPSA) is 43.6 Å². The van der Waals surface area contributed by atoms with Crippen LogP contribution in [-0.4, -0.2) is 11.7 Å². The third-order valence-electron chi connectivity index (χ3n) is 6.47. The number of allylic oxidation sites excluding steroid dienone is 1. The number of ether oxygens (including phenoxy) is 1. The lowest BCUT2D eigenvalue weighted by Crippen LogP contribution is -2.38. The number of benzene rings is 3. The lowest BCUT2D eigenvalue weighted by Gasteiger charge is -2.31. The summed E-state index contributed by atoms with van der Waals surface area (Å²) in [5.74, 6) is 0.785. The Kier molecular flexibility index (Phi) is 5.50. The number of nitrogens with zero attached hydrogens (tertiary/aromatic N) is 2. The van der Waals surface area contributed by atoms with Crippen LogP contribution in [0.3, 0.4) is 0 Å². The van der Waals surface area contributed by atoms with E-state index >= 15 is 0 Å². The van der Waals surface area contributed by atoms with Crippen molar-refractivity contribution < 1.29 is 4.74 Å². The van der Waals surface area contributed by atoms with Crippen molar-refractivity contribution >= 4 is 45.7 Å². The fraction of sp³-hybridized carbons (Fsp3) is 0.143. The highest BCUT2D eigenvalue weighted by atomic mass is 127. The lowest BCUT2D eigenvalue weighted by molar-refractivity contribution is 0.402. The molecule has 0 bridgehead atoms. The van der Waals surface area contributed by atoms with Crippen LogP contribution >= 0.6 is 33.9 Å². The third kappa shape index (κ3) is 3.56. The highest BCUT2D eigenvalue weighted by molar-refractivity contribution is 14.1. The predicted molar refractivity (Wildman–Crippen MR) is 145 cm³/mol. The van der Waals surface area contributed by atoms with Crippen LogP contribution in [-0.2, 0) is 6.42 Å². The van der Waals surface area contributed by atoms with Crippen LogP contribution in [0.25, 0.3) is 11.8 Å². The van der Waals surface area contributed by atoms with Gasteiger partial charge in [0.15, 0.2) is 4.80 Å². The van der Waals surface area contributed by atoms with E-state index in [2.05, 4.69) is 65.1 Å². The molecule has 0 spiro atoms. The number of aromatic nitrogens is 1. The largest absolute Gasteiger partial charge is 0.496 e. The number of aryl methyl sites for hydroxylation is 1. The zero-order valence-electron chi connectivity index (χ0n) is 18.5. The molecule has 0 N–H and O–H groups in total. The quantitative estimate of drug-likeness (QED) is 0.325. The Balaban J connectivity index is 1.64. The summed E-state index contributed by atoms with van der Waals surface area (Å²) in [5.41, 5.74) is 6.64. The maximum absolute atomic E-state index is 13.8. The van der Waals surface area contributed by atoms with E-state index in [1.54, 1.807) is 7.11 Å². The van der Waals surface area contributed by atoms with Gasteiger partial charge in [-0.15, -0.1) is 0 Å². The minimum absolute atomic E-state index is 0.0105. The molecule has 1 aliphatic carbocycles. The molecule has 0 amide bonds. The van der Waals surface area contributed by atoms with Gasteiger partial charge in [0, 0.05) is 14.7 Å². The second-order valence-electron chi connectivity index (χ2n) is 8.41. The molecule has 4 nitrogen and oxygen atoms in total. The highest BCUT2D eigenvalue weighted by Crippen LogP contribution is 2.43. The Hall–Kier alpha value is -2.97. The average molecular weight is 576 g/mol. The Morgan fingerprint density at radius 2 is 1.79 bits per heavy atom. The SMILES string of the molecule is COc1ccccc1[C@H]1C2=C(N=c3s/c(=C\c4ccc(I)cc4)c(=O)n31)c1ccccc1CC2. The third-order valence-corrected chi connectivity index (χ3v) is 8.18. The van der Waals surface area contributed by atoms with Gasteiger partial charge in [0.05, 0.1) is 23.4 Å². The molecule has 0 fully saturated rings. The van der Waals surface area contributed by atoms with Crippen molar-refractivity contribution in [1.29, 1.82) is 0 Å². The molecule has 3 aromatic carbocycles. The van der Waals surface area contributed by atoms with Crippen LogP contribution in [0.2, 0.25) is 0 Å². The number of halogens is 1. The zero-order chi connectivity index (χ0) is 23.2. The number of hydrogen-bond acceptors (Lipinski definition) is 4. The fourth-order valence-corrected chi connectivity index (χ4v) is 6.26. The van der Waals surface area contributed by atoms with Gasteiger partial charge < -0.3 is 4.74 Å². The maximum atomic E-state index is 13.8. The van der Waals surface area contributed by atoms with Crippen LogP contribution < -0.4 is 19.6 Å². The van der Waals surface area contributed by atoms with Crippen molar-refractivity contribution in [1.82, 2.24) is 4.57 Å². The summed E-state index contributed by atoms with van der Waals surface area (Å²) in [7, 11) is 1.69. The van der Waals surface area contributed by atoms with E-state index in [1.807, 2.05) is 41.0 Å². The van der Waals surface area contributed by atoms with Crippen molar-refractivity contribution in [2.45, 2.75) is 18.9 Å². The van der Waals surface area contributed by atoms with Gasteiger partial charge in [-0.3, -0.25) is 9.36 Å². The molecular weight excluding hydrogens is 555 g/mol. The second-order valence-corrected chi connectivity index (χ2v) is 10.7. The molecule has 0 radical (unpaired) electrons. The molecule has 0 saturated heterocycles. The van der Waals surface area contributed by atoms with E-state index in [9.17, 15) is 4.79 Å². The number of para-hydroxylation sites is 1. The molecule has 6 rings (SSSR count). The summed E-state index contributed by atoms with van der Waals surface area (Å²) in [6.45, 7) is 0. The molecule has 6 heteroatoms. The molecule has 1 atom stereocenters. The molecule has 4 aromatic rings. The van der Waals surface area contributed by atoms with Crippen LogP contribution in [0.4, 0.5) is 0 Å². The van der Waals surface area contributed by atoms with Crippen molar-refractivity contribution in [3.63, 3.8) is 0 Å². The minimum atomic E-state index is -0.241. The zero-order valence-corrected chi connectivity index (χ0v) is 21.5. The minimum Gasteiger partial charge on any atom is -0.496 e. The maximum Gasteiger partial charge on any atom is 0.271 e. The highest BCUT2D eigenvalue weighted by Gasteiger charge is 2.33. The first-order valence-corrected chi connectivity index (χ1v) is 13.0. The first kappa shape index (κ1) is 21.6. The van der Waals surface area contributed by atoms with Crippen LogP contribution in [0, 0.1) is 3.57 Å². The predicted octanol–water partition coefficient (Wildman–Crippen LogP) is 4.93. The summed E-state index contributed by atoms with van der Waals surface area (Å²) >= 11 is 3.74. The van der Waals surface area contributed by atoms with E-state index in [1.165, 1.54) is 31.6 Å². The van der Waals surface area contributed by atoms with Gasteiger partial charge >= 0.3 is 0 Å². The molecule has 1 aromatic heterocycles. The monoisotopic (exact) mass is 576 g/mol. The number of hydrogen-bond donors (Lipinski definition) is 0. The summed E-state index contributed by atoms with van der Waals surface area (Å²) in [6.07, 6.45) is 3.76. The van der Waals surface area contributed by atoms with Crippen molar-refractivity contribution in [3.05, 3.63) is 124 Å². The van der Waals surface area contributed by atoms with E-state index in [4.69, 9.17) is 9.73 Å². The molecule has 168 valence electrons. The van der Waals surface area contributed by atoms with Crippen molar-refractivity contribution in [2.24, 2.45) is 4.99 Å². The normalized spacial score (nSPS) is 17.0. The molecular formula is C28H21IN2O2S. The summed E-state index contributed by atoms with van der Waals surface area (Å²) in [5, 5.41) is 0.